The van der Waals surface area contributed by atoms with E-state index in [1.165, 1.54) is 31.4 Å². The minimum absolute atomic E-state index is 0.0133. The summed E-state index contributed by atoms with van der Waals surface area (Å²) in [4.78, 5) is -0.235. The maximum atomic E-state index is 13.9. The summed E-state index contributed by atoms with van der Waals surface area (Å²) in [5, 5.41) is 2.64. The van der Waals surface area contributed by atoms with Crippen molar-refractivity contribution >= 4 is 28.6 Å². The van der Waals surface area contributed by atoms with Gasteiger partial charge in [-0.05, 0) is 24.3 Å². The van der Waals surface area contributed by atoms with E-state index in [1.54, 1.807) is 0 Å². The molecule has 21 heavy (non-hydrogen) atoms. The first-order valence-electron chi connectivity index (χ1n) is 5.82. The van der Waals surface area contributed by atoms with Crippen LogP contribution < -0.4 is 15.8 Å². The molecule has 0 heterocycles. The van der Waals surface area contributed by atoms with E-state index in [-0.39, 0.29) is 22.0 Å². The number of ether oxygens (including phenoxy) is 1. The van der Waals surface area contributed by atoms with Crippen LogP contribution in [0.4, 0.5) is 24.5 Å². The molecule has 2 aromatic rings. The predicted octanol–water partition coefficient (Wildman–Crippen LogP) is 3.49. The molecule has 2 rings (SSSR count). The van der Waals surface area contributed by atoms with Crippen molar-refractivity contribution in [1.29, 1.82) is 0 Å². The zero-order valence-corrected chi connectivity index (χ0v) is 11.7. The Morgan fingerprint density at radius 1 is 1.14 bits per heavy atom. The second kappa shape index (κ2) is 6.01. The number of nitrogens with one attached hydrogen (secondary N) is 1. The zero-order valence-electron chi connectivity index (χ0n) is 10.9. The minimum atomic E-state index is -1.14. The lowest BCUT2D eigenvalue weighted by atomic mass is 10.1. The van der Waals surface area contributed by atoms with Gasteiger partial charge >= 0.3 is 0 Å². The number of methoxy groups -OCH3 is 1. The monoisotopic (exact) mass is 312 g/mol. The summed E-state index contributed by atoms with van der Waals surface area (Å²) in [7, 11) is 1.30. The van der Waals surface area contributed by atoms with Gasteiger partial charge in [-0.25, -0.2) is 13.2 Å². The normalized spacial score (nSPS) is 10.3. The molecule has 3 N–H and O–H groups in total. The first-order valence-corrected chi connectivity index (χ1v) is 6.23. The standard InChI is InChI=1S/C14H11F3N2OS/c1-20-11-6-7(2-4-9(11)15)19-10-5-3-8(14(18)21)12(16)13(10)17/h2-6,19H,1H3,(H2,18,21). The first-order chi connectivity index (χ1) is 9.93. The van der Waals surface area contributed by atoms with Crippen LogP contribution in [0.1, 0.15) is 5.56 Å². The molecule has 0 fully saturated rings. The van der Waals surface area contributed by atoms with Crippen molar-refractivity contribution in [3.63, 3.8) is 0 Å². The lowest BCUT2D eigenvalue weighted by Gasteiger charge is -2.11. The van der Waals surface area contributed by atoms with Crippen LogP contribution >= 0.6 is 12.2 Å². The topological polar surface area (TPSA) is 47.3 Å². The van der Waals surface area contributed by atoms with Crippen molar-refractivity contribution in [3.8, 4) is 5.75 Å². The smallest absolute Gasteiger partial charge is 0.182 e. The number of benzene rings is 2. The van der Waals surface area contributed by atoms with E-state index in [0.717, 1.165) is 6.07 Å². The van der Waals surface area contributed by atoms with E-state index in [2.05, 4.69) is 17.5 Å². The van der Waals surface area contributed by atoms with E-state index in [1.807, 2.05) is 0 Å². The van der Waals surface area contributed by atoms with E-state index in [9.17, 15) is 13.2 Å². The van der Waals surface area contributed by atoms with Crippen molar-refractivity contribution in [2.45, 2.75) is 0 Å². The lowest BCUT2D eigenvalue weighted by molar-refractivity contribution is 0.387. The van der Waals surface area contributed by atoms with Crippen LogP contribution in [0.2, 0.25) is 0 Å². The Labute approximate surface area is 124 Å². The Bertz CT molecular complexity index is 707. The van der Waals surface area contributed by atoms with Crippen molar-refractivity contribution in [3.05, 3.63) is 53.3 Å². The van der Waals surface area contributed by atoms with Crippen molar-refractivity contribution in [2.75, 3.05) is 12.4 Å². The molecule has 0 unspecified atom stereocenters. The van der Waals surface area contributed by atoms with E-state index in [0.29, 0.717) is 5.69 Å². The van der Waals surface area contributed by atoms with Gasteiger partial charge in [-0.3, -0.25) is 0 Å². The molecular formula is C14H11F3N2OS. The summed E-state index contributed by atoms with van der Waals surface area (Å²) in [5.41, 5.74) is 5.33. The Balaban J connectivity index is 2.36. The second-order valence-electron chi connectivity index (χ2n) is 4.13. The highest BCUT2D eigenvalue weighted by Gasteiger charge is 2.15. The van der Waals surface area contributed by atoms with Gasteiger partial charge in [0.2, 0.25) is 0 Å². The number of thiocarbonyl (C=S) groups is 1. The number of anilines is 2. The van der Waals surface area contributed by atoms with Gasteiger partial charge in [0.1, 0.15) is 4.99 Å². The largest absolute Gasteiger partial charge is 0.494 e. The number of rotatable bonds is 4. The molecule has 0 aromatic heterocycles. The summed E-state index contributed by atoms with van der Waals surface area (Å²) >= 11 is 4.62. The molecule has 0 atom stereocenters. The molecule has 7 heteroatoms. The Hall–Kier alpha value is -2.28. The molecule has 3 nitrogen and oxygen atoms in total. The summed E-state index contributed by atoms with van der Waals surface area (Å²) in [6, 6.07) is 6.41. The Morgan fingerprint density at radius 2 is 1.86 bits per heavy atom. The molecule has 0 spiro atoms. The quantitative estimate of drug-likeness (QED) is 0.849. The SMILES string of the molecule is COc1cc(Nc2ccc(C(N)=S)c(F)c2F)ccc1F. The highest BCUT2D eigenvalue weighted by atomic mass is 32.1. The van der Waals surface area contributed by atoms with Crippen molar-refractivity contribution in [1.82, 2.24) is 0 Å². The number of hydrogen-bond donors (Lipinski definition) is 2. The number of halogens is 3. The number of hydrogen-bond acceptors (Lipinski definition) is 3. The van der Waals surface area contributed by atoms with Gasteiger partial charge < -0.3 is 15.8 Å². The maximum Gasteiger partial charge on any atom is 0.182 e. The van der Waals surface area contributed by atoms with Gasteiger partial charge in [-0.2, -0.15) is 0 Å². The Kier molecular flexibility index (Phi) is 4.32. The van der Waals surface area contributed by atoms with Crippen LogP contribution in [0, 0.1) is 17.5 Å². The molecule has 0 amide bonds. The molecule has 0 aliphatic rings. The maximum absolute atomic E-state index is 13.9. The summed E-state index contributed by atoms with van der Waals surface area (Å²) in [6.45, 7) is 0. The first kappa shape index (κ1) is 15.1. The van der Waals surface area contributed by atoms with E-state index < -0.39 is 17.5 Å². The third-order valence-electron chi connectivity index (χ3n) is 2.78. The van der Waals surface area contributed by atoms with Gasteiger partial charge in [0.25, 0.3) is 0 Å². The molecule has 0 saturated heterocycles. The highest BCUT2D eigenvalue weighted by Crippen LogP contribution is 2.27. The molecule has 110 valence electrons. The summed E-state index contributed by atoms with van der Waals surface area (Å²) in [5.74, 6) is -2.83. The van der Waals surface area contributed by atoms with Crippen LogP contribution in [0.25, 0.3) is 0 Å². The predicted molar refractivity (Wildman–Crippen MR) is 78.5 cm³/mol. The fourth-order valence-corrected chi connectivity index (χ4v) is 1.89. The van der Waals surface area contributed by atoms with Gasteiger partial charge in [-0.1, -0.05) is 12.2 Å². The molecule has 0 bridgehead atoms. The fraction of sp³-hybridized carbons (Fsp3) is 0.0714. The number of nitrogens with two attached hydrogens (primary N) is 1. The van der Waals surface area contributed by atoms with Crippen molar-refractivity contribution < 1.29 is 17.9 Å². The third-order valence-corrected chi connectivity index (χ3v) is 3.00. The third kappa shape index (κ3) is 3.08. The molecule has 2 aromatic carbocycles. The van der Waals surface area contributed by atoms with Gasteiger partial charge in [0.05, 0.1) is 12.8 Å². The molecule has 0 radical (unpaired) electrons. The van der Waals surface area contributed by atoms with Crippen LogP contribution in [0.15, 0.2) is 30.3 Å². The van der Waals surface area contributed by atoms with Gasteiger partial charge in [0.15, 0.2) is 23.2 Å². The molecule has 0 saturated carbocycles. The van der Waals surface area contributed by atoms with Crippen LogP contribution in [0.5, 0.6) is 5.75 Å². The fourth-order valence-electron chi connectivity index (χ4n) is 1.73. The second-order valence-corrected chi connectivity index (χ2v) is 4.57. The lowest BCUT2D eigenvalue weighted by Crippen LogP contribution is -2.13. The molecule has 0 aliphatic carbocycles. The van der Waals surface area contributed by atoms with Crippen LogP contribution in [-0.4, -0.2) is 12.1 Å². The molecular weight excluding hydrogens is 301 g/mol. The van der Waals surface area contributed by atoms with E-state index >= 15 is 0 Å². The highest BCUT2D eigenvalue weighted by molar-refractivity contribution is 7.80. The minimum Gasteiger partial charge on any atom is -0.494 e. The van der Waals surface area contributed by atoms with E-state index in [4.69, 9.17) is 10.5 Å². The zero-order chi connectivity index (χ0) is 15.6. The van der Waals surface area contributed by atoms with Crippen LogP contribution in [0.3, 0.4) is 0 Å². The average Bonchev–Trinajstić information content (AvgIpc) is 2.45. The molecule has 0 aliphatic heterocycles. The van der Waals surface area contributed by atoms with Crippen molar-refractivity contribution in [2.24, 2.45) is 5.73 Å². The average molecular weight is 312 g/mol. The Morgan fingerprint density at radius 3 is 2.48 bits per heavy atom. The van der Waals surface area contributed by atoms with Crippen LogP contribution in [-0.2, 0) is 0 Å². The summed E-state index contributed by atoms with van der Waals surface area (Å²) in [6.07, 6.45) is 0. The van der Waals surface area contributed by atoms with Gasteiger partial charge in [0, 0.05) is 17.3 Å². The summed E-state index contributed by atoms with van der Waals surface area (Å²) < 4.78 is 45.8. The van der Waals surface area contributed by atoms with Gasteiger partial charge in [-0.15, -0.1) is 0 Å².